The van der Waals surface area contributed by atoms with E-state index in [1.807, 2.05) is 0 Å². The molecule has 0 unspecified atom stereocenters. The molecule has 0 saturated carbocycles. The van der Waals surface area contributed by atoms with Crippen LogP contribution < -0.4 is 0 Å². The molecule has 22 valence electrons. The first-order valence-corrected chi connectivity index (χ1v) is 1.60. The van der Waals surface area contributed by atoms with E-state index >= 15 is 0 Å². The van der Waals surface area contributed by atoms with Crippen molar-refractivity contribution in [2.45, 2.75) is 0 Å². The van der Waals surface area contributed by atoms with Crippen molar-refractivity contribution in [2.24, 2.45) is 0 Å². The van der Waals surface area contributed by atoms with E-state index in [0.717, 1.165) is 0 Å². The average molecular weight is 92.9 g/mol. The maximum absolute atomic E-state index is 4.76. The molecule has 0 atom stereocenters. The Morgan fingerprint density at radius 2 is 1.25 bits per heavy atom. The summed E-state index contributed by atoms with van der Waals surface area (Å²) in [5, 5.41) is 0.194. The number of hydrogen-bond acceptors (Lipinski definition) is 0. The van der Waals surface area contributed by atoms with Gasteiger partial charge in [-0.3, -0.25) is 0 Å². The summed E-state index contributed by atoms with van der Waals surface area (Å²) in [6.07, 6.45) is 0. The third kappa shape index (κ3) is 10.9. The fourth-order valence-electron chi connectivity index (χ4n) is 0. The molecule has 3 heteroatoms. The summed E-state index contributed by atoms with van der Waals surface area (Å²) < 4.78 is 0. The fraction of sp³-hybridized carbons (Fsp3) is 1.00. The molecule has 4 heavy (non-hydrogen) atoms. The first-order valence-electron chi connectivity index (χ1n) is 0.535. The number of alkyl halides is 2. The monoisotopic (exact) mass is 92.0 g/mol. The Kier molecular flexibility index (Phi) is 19.9. The molecule has 0 spiro atoms. The summed E-state index contributed by atoms with van der Waals surface area (Å²) in [7, 11) is 0. The van der Waals surface area contributed by atoms with Gasteiger partial charge in [0, 0.05) is 0 Å². The molecule has 0 bridgehead atoms. The molecule has 0 aromatic carbocycles. The minimum atomic E-state index is 0. The van der Waals surface area contributed by atoms with Crippen molar-refractivity contribution >= 4 is 42.1 Å². The van der Waals surface area contributed by atoms with Crippen LogP contribution in [0.4, 0.5) is 0 Å². The molecule has 0 heterocycles. The molecule has 0 rings (SSSR count). The van der Waals surface area contributed by atoms with Crippen LogP contribution in [0.3, 0.4) is 0 Å². The molecule has 0 N–H and O–H groups in total. The van der Waals surface area contributed by atoms with Gasteiger partial charge in [-0.15, -0.1) is 23.2 Å². The van der Waals surface area contributed by atoms with E-state index in [1.165, 1.54) is 0 Å². The van der Waals surface area contributed by atoms with E-state index in [4.69, 9.17) is 23.2 Å². The van der Waals surface area contributed by atoms with E-state index in [-0.39, 0.29) is 24.2 Å². The van der Waals surface area contributed by atoms with Crippen LogP contribution in [0.25, 0.3) is 0 Å². The Balaban J connectivity index is 0. The molecule has 0 aromatic rings. The SMILES string of the molecule is ClCCl.[LiH]. The van der Waals surface area contributed by atoms with Gasteiger partial charge >= 0.3 is 18.9 Å². The molecular formula is CH3Cl2Li. The molecular weight excluding hydrogens is 89.9 g/mol. The van der Waals surface area contributed by atoms with Crippen LogP contribution in [0, 0.1) is 0 Å². The van der Waals surface area contributed by atoms with Crippen LogP contribution in [0.15, 0.2) is 0 Å². The average Bonchev–Trinajstić information content (AvgIpc) is 0.918. The predicted octanol–water partition coefficient (Wildman–Crippen LogP) is 0.773. The summed E-state index contributed by atoms with van der Waals surface area (Å²) in [5.74, 6) is 0. The first kappa shape index (κ1) is 8.95. The summed E-state index contributed by atoms with van der Waals surface area (Å²) in [4.78, 5) is 0. The zero-order chi connectivity index (χ0) is 2.71. The van der Waals surface area contributed by atoms with Gasteiger partial charge in [0.05, 0.1) is 5.34 Å². The van der Waals surface area contributed by atoms with Gasteiger partial charge in [-0.1, -0.05) is 0 Å². The Morgan fingerprint density at radius 3 is 1.25 bits per heavy atom. The third-order valence-electron chi connectivity index (χ3n) is 0. The van der Waals surface area contributed by atoms with Gasteiger partial charge in [0.2, 0.25) is 0 Å². The van der Waals surface area contributed by atoms with E-state index in [1.54, 1.807) is 0 Å². The van der Waals surface area contributed by atoms with Crippen LogP contribution in [0.1, 0.15) is 0 Å². The van der Waals surface area contributed by atoms with Crippen LogP contribution in [-0.2, 0) is 0 Å². The van der Waals surface area contributed by atoms with E-state index < -0.39 is 0 Å². The molecule has 0 aromatic heterocycles. The van der Waals surface area contributed by atoms with Gasteiger partial charge in [-0.25, -0.2) is 0 Å². The van der Waals surface area contributed by atoms with Crippen LogP contribution >= 0.6 is 23.2 Å². The Bertz CT molecular complexity index is 6.00. The number of halogens is 2. The predicted molar refractivity (Wildman–Crippen MR) is 23.7 cm³/mol. The summed E-state index contributed by atoms with van der Waals surface area (Å²) in [5.41, 5.74) is 0. The van der Waals surface area contributed by atoms with Crippen LogP contribution in [0.2, 0.25) is 0 Å². The molecule has 0 amide bonds. The second-order valence-corrected chi connectivity index (χ2v) is 0.909. The first-order chi connectivity index (χ1) is 1.41. The van der Waals surface area contributed by atoms with Crippen LogP contribution in [0.5, 0.6) is 0 Å². The van der Waals surface area contributed by atoms with Crippen molar-refractivity contribution in [1.29, 1.82) is 0 Å². The normalized spacial score (nSPS) is 4.50. The topological polar surface area (TPSA) is 0 Å². The van der Waals surface area contributed by atoms with Crippen LogP contribution in [-0.4, -0.2) is 24.2 Å². The molecule has 0 fully saturated rings. The second-order valence-electron chi connectivity index (χ2n) is 0.101. The van der Waals surface area contributed by atoms with Crippen molar-refractivity contribution in [2.75, 3.05) is 5.34 Å². The Morgan fingerprint density at radius 1 is 1.25 bits per heavy atom. The molecule has 0 aliphatic rings. The zero-order valence-electron chi connectivity index (χ0n) is 1.46. The number of hydrogen-bond donors (Lipinski definition) is 0. The standard InChI is InChI=1S/CH2Cl2.Li.H/c2-1-3;;/h1H2;;. The summed E-state index contributed by atoms with van der Waals surface area (Å²) in [6.45, 7) is 0. The second kappa shape index (κ2) is 8.90. The quantitative estimate of drug-likeness (QED) is 0.306. The van der Waals surface area contributed by atoms with Gasteiger partial charge in [0.1, 0.15) is 0 Å². The molecule has 0 aliphatic carbocycles. The van der Waals surface area contributed by atoms with Gasteiger partial charge in [0.15, 0.2) is 0 Å². The zero-order valence-corrected chi connectivity index (χ0v) is 2.97. The minimum absolute atomic E-state index is 0. The molecule has 0 aliphatic heterocycles. The maximum atomic E-state index is 4.76. The Labute approximate surface area is 47.6 Å². The fourth-order valence-corrected chi connectivity index (χ4v) is 0. The van der Waals surface area contributed by atoms with Crippen molar-refractivity contribution < 1.29 is 0 Å². The third-order valence-corrected chi connectivity index (χ3v) is 0. The summed E-state index contributed by atoms with van der Waals surface area (Å²) in [6, 6.07) is 0. The number of rotatable bonds is 0. The van der Waals surface area contributed by atoms with Gasteiger partial charge in [0.25, 0.3) is 0 Å². The van der Waals surface area contributed by atoms with E-state index in [2.05, 4.69) is 0 Å². The van der Waals surface area contributed by atoms with Gasteiger partial charge < -0.3 is 0 Å². The molecule has 0 nitrogen and oxygen atoms in total. The molecule has 0 saturated heterocycles. The van der Waals surface area contributed by atoms with E-state index in [0.29, 0.717) is 0 Å². The van der Waals surface area contributed by atoms with Crippen molar-refractivity contribution in [1.82, 2.24) is 0 Å². The van der Waals surface area contributed by atoms with Crippen molar-refractivity contribution in [3.8, 4) is 0 Å². The molecule has 0 radical (unpaired) electrons. The van der Waals surface area contributed by atoms with Crippen molar-refractivity contribution in [3.05, 3.63) is 0 Å². The van der Waals surface area contributed by atoms with Gasteiger partial charge in [-0.05, 0) is 0 Å². The van der Waals surface area contributed by atoms with Gasteiger partial charge in [-0.2, -0.15) is 0 Å². The van der Waals surface area contributed by atoms with Crippen molar-refractivity contribution in [3.63, 3.8) is 0 Å². The Hall–Kier alpha value is 1.18. The van der Waals surface area contributed by atoms with E-state index in [9.17, 15) is 0 Å². The summed E-state index contributed by atoms with van der Waals surface area (Å²) >= 11 is 9.53.